The highest BCUT2D eigenvalue weighted by molar-refractivity contribution is 5.93. The van der Waals surface area contributed by atoms with Gasteiger partial charge in [-0.3, -0.25) is 9.78 Å². The van der Waals surface area contributed by atoms with Crippen molar-refractivity contribution >= 4 is 11.6 Å². The molecule has 16 heavy (non-hydrogen) atoms. The van der Waals surface area contributed by atoms with Crippen LogP contribution in [0.1, 0.15) is 23.3 Å². The molecule has 0 aromatic carbocycles. The fourth-order valence-electron chi connectivity index (χ4n) is 1.65. The summed E-state index contributed by atoms with van der Waals surface area (Å²) < 4.78 is 0. The van der Waals surface area contributed by atoms with Crippen molar-refractivity contribution in [2.45, 2.75) is 18.9 Å². The van der Waals surface area contributed by atoms with E-state index in [1.54, 1.807) is 17.0 Å². The summed E-state index contributed by atoms with van der Waals surface area (Å²) in [5.74, 6) is -0.149. The second-order valence-corrected chi connectivity index (χ2v) is 3.93. The van der Waals surface area contributed by atoms with Crippen molar-refractivity contribution in [2.24, 2.45) is 0 Å². The van der Waals surface area contributed by atoms with Crippen LogP contribution >= 0.6 is 0 Å². The number of nitrogens with two attached hydrogens (primary N) is 1. The Kier molecular flexibility index (Phi) is 3.05. The van der Waals surface area contributed by atoms with Crippen molar-refractivity contribution in [3.63, 3.8) is 0 Å². The molecule has 5 nitrogen and oxygen atoms in total. The third kappa shape index (κ3) is 2.30. The molecular formula is C11H15N3O2. The number of nitrogens with zero attached hydrogens (tertiary/aromatic N) is 2. The molecule has 0 spiro atoms. The van der Waals surface area contributed by atoms with E-state index < -0.39 is 0 Å². The quantitative estimate of drug-likeness (QED) is 0.764. The fraction of sp³-hybridized carbons (Fsp3) is 0.455. The Labute approximate surface area is 93.9 Å². The first-order valence-corrected chi connectivity index (χ1v) is 5.35. The first kappa shape index (κ1) is 10.9. The summed E-state index contributed by atoms with van der Waals surface area (Å²) in [5, 5.41) is 8.92. The Morgan fingerprint density at radius 3 is 2.94 bits per heavy atom. The van der Waals surface area contributed by atoms with Gasteiger partial charge in [-0.25, -0.2) is 0 Å². The average Bonchev–Trinajstić information content (AvgIpc) is 3.09. The summed E-state index contributed by atoms with van der Waals surface area (Å²) in [4.78, 5) is 17.7. The zero-order valence-electron chi connectivity index (χ0n) is 8.97. The molecule has 0 bridgehead atoms. The van der Waals surface area contributed by atoms with Gasteiger partial charge < -0.3 is 15.7 Å². The highest BCUT2D eigenvalue weighted by Crippen LogP contribution is 2.27. The number of aliphatic hydroxyl groups excluding tert-OH is 1. The van der Waals surface area contributed by atoms with Crippen molar-refractivity contribution < 1.29 is 9.90 Å². The Hall–Kier alpha value is -1.62. The molecule has 1 heterocycles. The van der Waals surface area contributed by atoms with Gasteiger partial charge in [-0.05, 0) is 25.0 Å². The van der Waals surface area contributed by atoms with Crippen molar-refractivity contribution in [2.75, 3.05) is 18.9 Å². The van der Waals surface area contributed by atoms with E-state index in [2.05, 4.69) is 4.98 Å². The lowest BCUT2D eigenvalue weighted by atomic mass is 10.3. The summed E-state index contributed by atoms with van der Waals surface area (Å²) >= 11 is 0. The largest absolute Gasteiger partial charge is 0.399 e. The number of amides is 1. The smallest absolute Gasteiger partial charge is 0.272 e. The molecule has 86 valence electrons. The number of hydrogen-bond acceptors (Lipinski definition) is 4. The topological polar surface area (TPSA) is 79.5 Å². The molecule has 2 rings (SSSR count). The van der Waals surface area contributed by atoms with Gasteiger partial charge in [0.05, 0.1) is 6.61 Å². The summed E-state index contributed by atoms with van der Waals surface area (Å²) in [6.07, 6.45) is 3.54. The number of aliphatic hydroxyl groups is 1. The molecular weight excluding hydrogens is 206 g/mol. The van der Waals surface area contributed by atoms with E-state index in [0.717, 1.165) is 12.8 Å². The Morgan fingerprint density at radius 2 is 2.38 bits per heavy atom. The maximum absolute atomic E-state index is 12.1. The molecule has 0 saturated heterocycles. The number of pyridine rings is 1. The molecule has 1 aliphatic rings. The zero-order chi connectivity index (χ0) is 11.5. The van der Waals surface area contributed by atoms with Crippen LogP contribution in [-0.4, -0.2) is 40.1 Å². The van der Waals surface area contributed by atoms with Gasteiger partial charge in [0, 0.05) is 24.5 Å². The number of carbonyl (C=O) groups excluding carboxylic acids is 1. The first-order chi connectivity index (χ1) is 7.72. The Balaban J connectivity index is 2.15. The minimum Gasteiger partial charge on any atom is -0.399 e. The van der Waals surface area contributed by atoms with E-state index in [4.69, 9.17) is 10.8 Å². The van der Waals surface area contributed by atoms with Crippen LogP contribution in [0.5, 0.6) is 0 Å². The number of rotatable bonds is 4. The van der Waals surface area contributed by atoms with Gasteiger partial charge in [-0.2, -0.15) is 0 Å². The van der Waals surface area contributed by atoms with Crippen molar-refractivity contribution in [3.05, 3.63) is 24.0 Å². The van der Waals surface area contributed by atoms with Gasteiger partial charge >= 0.3 is 0 Å². The lowest BCUT2D eigenvalue weighted by Crippen LogP contribution is -2.36. The van der Waals surface area contributed by atoms with Gasteiger partial charge in [-0.15, -0.1) is 0 Å². The van der Waals surface area contributed by atoms with Gasteiger partial charge in [0.25, 0.3) is 5.91 Å². The van der Waals surface area contributed by atoms with Crippen molar-refractivity contribution in [1.82, 2.24) is 9.88 Å². The molecule has 0 unspecified atom stereocenters. The van der Waals surface area contributed by atoms with Gasteiger partial charge in [0.15, 0.2) is 0 Å². The maximum atomic E-state index is 12.1. The number of aromatic nitrogens is 1. The highest BCUT2D eigenvalue weighted by atomic mass is 16.3. The SMILES string of the molecule is Nc1ccnc(C(=O)N(CCO)C2CC2)c1. The molecule has 0 radical (unpaired) electrons. The maximum Gasteiger partial charge on any atom is 0.272 e. The average molecular weight is 221 g/mol. The lowest BCUT2D eigenvalue weighted by molar-refractivity contribution is 0.0702. The van der Waals surface area contributed by atoms with Gasteiger partial charge in [0.2, 0.25) is 0 Å². The minimum absolute atomic E-state index is 0.0233. The van der Waals surface area contributed by atoms with E-state index in [-0.39, 0.29) is 18.6 Å². The number of carbonyl (C=O) groups is 1. The zero-order valence-corrected chi connectivity index (χ0v) is 8.97. The van der Waals surface area contributed by atoms with Crippen molar-refractivity contribution in [1.29, 1.82) is 0 Å². The Morgan fingerprint density at radius 1 is 1.62 bits per heavy atom. The summed E-state index contributed by atoms with van der Waals surface area (Å²) in [6.45, 7) is 0.338. The first-order valence-electron chi connectivity index (χ1n) is 5.35. The predicted molar refractivity (Wildman–Crippen MR) is 59.8 cm³/mol. The normalized spacial score (nSPS) is 14.8. The molecule has 1 aliphatic carbocycles. The molecule has 0 atom stereocenters. The van der Waals surface area contributed by atoms with Gasteiger partial charge in [-0.1, -0.05) is 0 Å². The highest BCUT2D eigenvalue weighted by Gasteiger charge is 2.33. The van der Waals surface area contributed by atoms with E-state index >= 15 is 0 Å². The second kappa shape index (κ2) is 4.49. The molecule has 1 saturated carbocycles. The van der Waals surface area contributed by atoms with Crippen LogP contribution in [0.3, 0.4) is 0 Å². The molecule has 1 aromatic heterocycles. The summed E-state index contributed by atoms with van der Waals surface area (Å²) in [7, 11) is 0. The number of hydrogen-bond donors (Lipinski definition) is 2. The van der Waals surface area contributed by atoms with Crippen LogP contribution in [0, 0.1) is 0 Å². The monoisotopic (exact) mass is 221 g/mol. The van der Waals surface area contributed by atoms with E-state index in [1.807, 2.05) is 0 Å². The lowest BCUT2D eigenvalue weighted by Gasteiger charge is -2.20. The van der Waals surface area contributed by atoms with Crippen LogP contribution in [-0.2, 0) is 0 Å². The van der Waals surface area contributed by atoms with Crippen LogP contribution < -0.4 is 5.73 Å². The summed E-state index contributed by atoms with van der Waals surface area (Å²) in [5.41, 5.74) is 6.48. The molecule has 0 aliphatic heterocycles. The molecule has 5 heteroatoms. The van der Waals surface area contributed by atoms with E-state index in [9.17, 15) is 4.79 Å². The van der Waals surface area contributed by atoms with Crippen LogP contribution in [0.4, 0.5) is 5.69 Å². The van der Waals surface area contributed by atoms with Crippen LogP contribution in [0.25, 0.3) is 0 Å². The van der Waals surface area contributed by atoms with Crippen LogP contribution in [0.15, 0.2) is 18.3 Å². The van der Waals surface area contributed by atoms with E-state index in [0.29, 0.717) is 17.9 Å². The number of anilines is 1. The fourth-order valence-corrected chi connectivity index (χ4v) is 1.65. The Bertz CT molecular complexity index is 391. The second-order valence-electron chi connectivity index (χ2n) is 3.93. The number of nitrogen functional groups attached to an aromatic ring is 1. The minimum atomic E-state index is -0.149. The van der Waals surface area contributed by atoms with Crippen molar-refractivity contribution in [3.8, 4) is 0 Å². The standard InChI is InChI=1S/C11H15N3O2/c12-8-3-4-13-10(7-8)11(16)14(5-6-15)9-1-2-9/h3-4,7,9,15H,1-2,5-6H2,(H2,12,13). The predicted octanol–water partition coefficient (Wildman–Crippen LogP) is 0.261. The van der Waals surface area contributed by atoms with E-state index in [1.165, 1.54) is 6.20 Å². The van der Waals surface area contributed by atoms with Gasteiger partial charge in [0.1, 0.15) is 5.69 Å². The summed E-state index contributed by atoms with van der Waals surface area (Å²) in [6, 6.07) is 3.47. The molecule has 3 N–H and O–H groups in total. The molecule has 1 aromatic rings. The molecule has 1 amide bonds. The van der Waals surface area contributed by atoms with Crippen LogP contribution in [0.2, 0.25) is 0 Å². The molecule has 1 fully saturated rings. The third-order valence-electron chi connectivity index (χ3n) is 2.59. The third-order valence-corrected chi connectivity index (χ3v) is 2.59.